The smallest absolute Gasteiger partial charge is 0.209 e. The molecule has 0 unspecified atom stereocenters. The fraction of sp³-hybridized carbons (Fsp3) is 0.154. The van der Waals surface area contributed by atoms with Gasteiger partial charge in [-0.2, -0.15) is 0 Å². The summed E-state index contributed by atoms with van der Waals surface area (Å²) >= 11 is 0. The first-order valence-electron chi connectivity index (χ1n) is 5.26. The molecule has 3 aromatic rings. The van der Waals surface area contributed by atoms with Gasteiger partial charge in [-0.05, 0) is 12.1 Å². The lowest BCUT2D eigenvalue weighted by Gasteiger charge is -2.00. The monoisotopic (exact) mass is 229 g/mol. The highest BCUT2D eigenvalue weighted by atomic mass is 16.5. The third-order valence-electron chi connectivity index (χ3n) is 3.00. The van der Waals surface area contributed by atoms with Gasteiger partial charge < -0.3 is 13.7 Å². The van der Waals surface area contributed by atoms with Crippen LogP contribution in [0.4, 0.5) is 0 Å². The molecular formula is C13H11NO3. The zero-order valence-corrected chi connectivity index (χ0v) is 9.56. The molecule has 2 aromatic heterocycles. The Morgan fingerprint density at radius 2 is 2.12 bits per heavy atom. The SMILES string of the molecule is COc1ccc2c3occc(=O)c3n(C)c2c1. The van der Waals surface area contributed by atoms with Gasteiger partial charge in [-0.15, -0.1) is 0 Å². The lowest BCUT2D eigenvalue weighted by molar-refractivity contribution is 0.415. The molecule has 17 heavy (non-hydrogen) atoms. The van der Waals surface area contributed by atoms with Crippen molar-refractivity contribution in [1.82, 2.24) is 4.57 Å². The van der Waals surface area contributed by atoms with Gasteiger partial charge in [0.05, 0.1) is 18.9 Å². The summed E-state index contributed by atoms with van der Waals surface area (Å²) in [6.45, 7) is 0. The van der Waals surface area contributed by atoms with E-state index in [9.17, 15) is 4.79 Å². The Balaban J connectivity index is 2.58. The average molecular weight is 229 g/mol. The fourth-order valence-electron chi connectivity index (χ4n) is 2.15. The molecule has 0 saturated carbocycles. The Morgan fingerprint density at radius 3 is 2.88 bits per heavy atom. The topological polar surface area (TPSA) is 44.4 Å². The molecule has 0 saturated heterocycles. The molecule has 0 fully saturated rings. The summed E-state index contributed by atoms with van der Waals surface area (Å²) in [6, 6.07) is 7.08. The van der Waals surface area contributed by atoms with E-state index in [1.54, 1.807) is 7.11 Å². The first kappa shape index (κ1) is 9.96. The molecule has 0 aliphatic heterocycles. The summed E-state index contributed by atoms with van der Waals surface area (Å²) in [6.07, 6.45) is 1.42. The molecule has 0 atom stereocenters. The predicted molar refractivity (Wildman–Crippen MR) is 65.5 cm³/mol. The van der Waals surface area contributed by atoms with E-state index in [1.807, 2.05) is 29.8 Å². The molecule has 86 valence electrons. The number of hydrogen-bond acceptors (Lipinski definition) is 3. The number of nitrogens with zero attached hydrogens (tertiary/aromatic N) is 1. The number of aromatic nitrogens is 1. The molecule has 2 heterocycles. The van der Waals surface area contributed by atoms with E-state index >= 15 is 0 Å². The first-order valence-corrected chi connectivity index (χ1v) is 5.26. The normalized spacial score (nSPS) is 11.2. The maximum Gasteiger partial charge on any atom is 0.209 e. The molecule has 4 nitrogen and oxygen atoms in total. The van der Waals surface area contributed by atoms with Crippen LogP contribution in [-0.2, 0) is 7.05 Å². The molecule has 0 aliphatic carbocycles. The summed E-state index contributed by atoms with van der Waals surface area (Å²) in [4.78, 5) is 11.8. The van der Waals surface area contributed by atoms with Crippen LogP contribution in [-0.4, -0.2) is 11.7 Å². The second kappa shape index (κ2) is 3.38. The summed E-state index contributed by atoms with van der Waals surface area (Å²) in [5.41, 5.74) is 2.09. The largest absolute Gasteiger partial charge is 0.497 e. The van der Waals surface area contributed by atoms with Gasteiger partial charge in [0.15, 0.2) is 5.58 Å². The standard InChI is InChI=1S/C13H11NO3/c1-14-10-7-8(16-2)3-4-9(10)13-12(14)11(15)5-6-17-13/h3-7H,1-2H3. The van der Waals surface area contributed by atoms with Crippen molar-refractivity contribution < 1.29 is 9.15 Å². The predicted octanol–water partition coefficient (Wildman–Crippen LogP) is 2.29. The van der Waals surface area contributed by atoms with E-state index in [0.717, 1.165) is 16.7 Å². The average Bonchev–Trinajstić information content (AvgIpc) is 2.64. The number of hydrogen-bond donors (Lipinski definition) is 0. The van der Waals surface area contributed by atoms with E-state index < -0.39 is 0 Å². The van der Waals surface area contributed by atoms with Crippen LogP contribution in [0, 0.1) is 0 Å². The maximum absolute atomic E-state index is 11.8. The minimum Gasteiger partial charge on any atom is -0.497 e. The van der Waals surface area contributed by atoms with Crippen molar-refractivity contribution in [2.24, 2.45) is 7.05 Å². The molecule has 1 aromatic carbocycles. The van der Waals surface area contributed by atoms with E-state index in [-0.39, 0.29) is 5.43 Å². The number of rotatable bonds is 1. The Labute approximate surface area is 97.0 Å². The quantitative estimate of drug-likeness (QED) is 0.643. The fourth-order valence-corrected chi connectivity index (χ4v) is 2.15. The minimum absolute atomic E-state index is 0.0380. The highest BCUT2D eigenvalue weighted by Gasteiger charge is 2.13. The van der Waals surface area contributed by atoms with Gasteiger partial charge in [-0.3, -0.25) is 4.79 Å². The van der Waals surface area contributed by atoms with Crippen molar-refractivity contribution in [3.8, 4) is 5.75 Å². The summed E-state index contributed by atoms with van der Waals surface area (Å²) in [7, 11) is 3.47. The van der Waals surface area contributed by atoms with E-state index in [1.165, 1.54) is 12.3 Å². The minimum atomic E-state index is -0.0380. The van der Waals surface area contributed by atoms with Gasteiger partial charge in [-0.25, -0.2) is 0 Å². The van der Waals surface area contributed by atoms with Gasteiger partial charge in [0.2, 0.25) is 5.43 Å². The van der Waals surface area contributed by atoms with Crippen LogP contribution < -0.4 is 10.2 Å². The molecular weight excluding hydrogens is 218 g/mol. The molecule has 3 rings (SSSR count). The van der Waals surface area contributed by atoms with Crippen molar-refractivity contribution >= 4 is 22.0 Å². The van der Waals surface area contributed by atoms with Crippen LogP contribution in [0.1, 0.15) is 0 Å². The van der Waals surface area contributed by atoms with E-state index in [4.69, 9.17) is 9.15 Å². The van der Waals surface area contributed by atoms with Crippen LogP contribution in [0.25, 0.3) is 22.0 Å². The maximum atomic E-state index is 11.8. The first-order chi connectivity index (χ1) is 8.22. The van der Waals surface area contributed by atoms with Crippen molar-refractivity contribution in [3.63, 3.8) is 0 Å². The second-order valence-electron chi connectivity index (χ2n) is 3.90. The molecule has 0 amide bonds. The Kier molecular flexibility index (Phi) is 1.98. The van der Waals surface area contributed by atoms with Gasteiger partial charge in [0.1, 0.15) is 11.3 Å². The van der Waals surface area contributed by atoms with E-state index in [2.05, 4.69) is 0 Å². The van der Waals surface area contributed by atoms with Crippen LogP contribution in [0.5, 0.6) is 5.75 Å². The number of benzene rings is 1. The Morgan fingerprint density at radius 1 is 1.29 bits per heavy atom. The summed E-state index contributed by atoms with van der Waals surface area (Å²) in [5, 5.41) is 0.918. The highest BCUT2D eigenvalue weighted by molar-refractivity contribution is 6.04. The van der Waals surface area contributed by atoms with Crippen molar-refractivity contribution in [3.05, 3.63) is 40.8 Å². The van der Waals surface area contributed by atoms with Gasteiger partial charge >= 0.3 is 0 Å². The van der Waals surface area contributed by atoms with Crippen LogP contribution in [0.15, 0.2) is 39.7 Å². The van der Waals surface area contributed by atoms with Gasteiger partial charge in [-0.1, -0.05) is 0 Å². The third kappa shape index (κ3) is 1.27. The van der Waals surface area contributed by atoms with Gasteiger partial charge in [0, 0.05) is 24.6 Å². The molecule has 0 bridgehead atoms. The molecule has 0 aliphatic rings. The lowest BCUT2D eigenvalue weighted by Crippen LogP contribution is -2.02. The lowest BCUT2D eigenvalue weighted by atomic mass is 10.2. The molecule has 4 heteroatoms. The van der Waals surface area contributed by atoms with Crippen molar-refractivity contribution in [2.45, 2.75) is 0 Å². The van der Waals surface area contributed by atoms with E-state index in [0.29, 0.717) is 11.1 Å². The van der Waals surface area contributed by atoms with Crippen molar-refractivity contribution in [1.29, 1.82) is 0 Å². The zero-order valence-electron chi connectivity index (χ0n) is 9.56. The second-order valence-corrected chi connectivity index (χ2v) is 3.90. The Hall–Kier alpha value is -2.23. The molecule has 0 radical (unpaired) electrons. The molecule has 0 spiro atoms. The van der Waals surface area contributed by atoms with Gasteiger partial charge in [0.25, 0.3) is 0 Å². The molecule has 0 N–H and O–H groups in total. The summed E-state index contributed by atoms with van der Waals surface area (Å²) in [5.74, 6) is 0.760. The third-order valence-corrected chi connectivity index (χ3v) is 3.00. The zero-order chi connectivity index (χ0) is 12.0. The summed E-state index contributed by atoms with van der Waals surface area (Å²) < 4.78 is 12.5. The van der Waals surface area contributed by atoms with Crippen molar-refractivity contribution in [2.75, 3.05) is 7.11 Å². The Bertz CT molecular complexity index is 767. The number of methoxy groups -OCH3 is 1. The van der Waals surface area contributed by atoms with Crippen LogP contribution >= 0.6 is 0 Å². The number of ether oxygens (including phenoxy) is 1. The van der Waals surface area contributed by atoms with Crippen LogP contribution in [0.3, 0.4) is 0 Å². The number of aryl methyl sites for hydroxylation is 1. The highest BCUT2D eigenvalue weighted by Crippen LogP contribution is 2.28. The number of fused-ring (bicyclic) bond motifs is 3. The van der Waals surface area contributed by atoms with Crippen LogP contribution in [0.2, 0.25) is 0 Å².